The van der Waals surface area contributed by atoms with Gasteiger partial charge in [-0.25, -0.2) is 4.98 Å². The molecule has 0 saturated heterocycles. The molecule has 5 nitrogen and oxygen atoms in total. The zero-order valence-corrected chi connectivity index (χ0v) is 18.5. The second kappa shape index (κ2) is 8.32. The van der Waals surface area contributed by atoms with E-state index in [9.17, 15) is 4.79 Å². The zero-order chi connectivity index (χ0) is 21.3. The van der Waals surface area contributed by atoms with Gasteiger partial charge in [-0.1, -0.05) is 18.2 Å². The van der Waals surface area contributed by atoms with E-state index >= 15 is 0 Å². The van der Waals surface area contributed by atoms with Gasteiger partial charge in [-0.15, -0.1) is 11.3 Å². The average molecular weight is 420 g/mol. The van der Waals surface area contributed by atoms with Crippen molar-refractivity contribution in [1.82, 2.24) is 14.9 Å². The van der Waals surface area contributed by atoms with E-state index in [1.807, 2.05) is 49.6 Å². The highest BCUT2D eigenvalue weighted by Crippen LogP contribution is 2.28. The third kappa shape index (κ3) is 4.09. The summed E-state index contributed by atoms with van der Waals surface area (Å²) < 4.78 is 7.32. The first-order valence-electron chi connectivity index (χ1n) is 9.87. The highest BCUT2D eigenvalue weighted by atomic mass is 32.1. The van der Waals surface area contributed by atoms with Crippen LogP contribution in [0.1, 0.15) is 22.0 Å². The minimum atomic E-state index is -0.00682. The maximum absolute atomic E-state index is 12.6. The van der Waals surface area contributed by atoms with Gasteiger partial charge in [-0.05, 0) is 61.4 Å². The molecule has 0 aliphatic rings. The number of ether oxygens (including phenoxy) is 1. The van der Waals surface area contributed by atoms with Crippen molar-refractivity contribution in [2.24, 2.45) is 0 Å². The number of carbonyl (C=O) groups is 1. The molecule has 4 rings (SSSR count). The molecule has 2 aromatic carbocycles. The van der Waals surface area contributed by atoms with Crippen molar-refractivity contribution in [3.8, 4) is 17.0 Å². The molecule has 0 radical (unpaired) electrons. The fraction of sp³-hybridized carbons (Fsp3) is 0.250. The number of fused-ring (bicyclic) bond motifs is 1. The number of hydrogen-bond donors (Lipinski definition) is 1. The number of methoxy groups -OCH3 is 1. The Morgan fingerprint density at radius 2 is 1.87 bits per heavy atom. The summed E-state index contributed by atoms with van der Waals surface area (Å²) in [6, 6.07) is 14.3. The SMILES string of the molecule is COc1ccc2cc(CNC(=O)Cn3c(C)cc(-c4csc(C)n4)c3C)ccc2c1. The number of aromatic nitrogens is 2. The molecule has 2 heterocycles. The Morgan fingerprint density at radius 3 is 2.60 bits per heavy atom. The molecule has 30 heavy (non-hydrogen) atoms. The Bertz CT molecular complexity index is 1220. The maximum Gasteiger partial charge on any atom is 0.240 e. The molecule has 6 heteroatoms. The molecule has 0 spiro atoms. The van der Waals surface area contributed by atoms with Crippen LogP contribution < -0.4 is 10.1 Å². The van der Waals surface area contributed by atoms with E-state index in [0.29, 0.717) is 13.1 Å². The van der Waals surface area contributed by atoms with Crippen LogP contribution in [0.4, 0.5) is 0 Å². The molecule has 0 fully saturated rings. The summed E-state index contributed by atoms with van der Waals surface area (Å²) in [7, 11) is 1.67. The lowest BCUT2D eigenvalue weighted by molar-refractivity contribution is -0.121. The topological polar surface area (TPSA) is 56.1 Å². The Hall–Kier alpha value is -3.12. The molecular weight excluding hydrogens is 394 g/mol. The lowest BCUT2D eigenvalue weighted by Gasteiger charge is -2.11. The van der Waals surface area contributed by atoms with Gasteiger partial charge in [0, 0.05) is 28.9 Å². The second-order valence-electron chi connectivity index (χ2n) is 7.45. The number of carbonyl (C=O) groups excluding carboxylic acids is 1. The average Bonchev–Trinajstić information content (AvgIpc) is 3.29. The number of benzene rings is 2. The smallest absolute Gasteiger partial charge is 0.240 e. The van der Waals surface area contributed by atoms with Crippen molar-refractivity contribution in [3.63, 3.8) is 0 Å². The van der Waals surface area contributed by atoms with Gasteiger partial charge < -0.3 is 14.6 Å². The van der Waals surface area contributed by atoms with E-state index in [1.165, 1.54) is 0 Å². The van der Waals surface area contributed by atoms with Gasteiger partial charge in [0.15, 0.2) is 0 Å². The van der Waals surface area contributed by atoms with Crippen molar-refractivity contribution < 1.29 is 9.53 Å². The van der Waals surface area contributed by atoms with E-state index < -0.39 is 0 Å². The normalized spacial score (nSPS) is 11.1. The molecule has 2 aromatic heterocycles. The molecule has 4 aromatic rings. The lowest BCUT2D eigenvalue weighted by atomic mass is 10.1. The minimum Gasteiger partial charge on any atom is -0.497 e. The number of nitrogens with zero attached hydrogens (tertiary/aromatic N) is 2. The fourth-order valence-electron chi connectivity index (χ4n) is 3.70. The van der Waals surface area contributed by atoms with E-state index in [2.05, 4.69) is 33.9 Å². The van der Waals surface area contributed by atoms with E-state index in [-0.39, 0.29) is 5.91 Å². The standard InChI is InChI=1S/C24H25N3O2S/c1-15-9-22(23-14-30-17(3)26-23)16(2)27(15)13-24(28)25-12-18-5-6-20-11-21(29-4)8-7-19(20)10-18/h5-11,14H,12-13H2,1-4H3,(H,25,28). The summed E-state index contributed by atoms with van der Waals surface area (Å²) in [4.78, 5) is 17.2. The predicted octanol–water partition coefficient (Wildman–Crippen LogP) is 5.02. The summed E-state index contributed by atoms with van der Waals surface area (Å²) in [6.45, 7) is 6.87. The molecule has 0 aliphatic heterocycles. The third-order valence-corrected chi connectivity index (χ3v) is 6.15. The summed E-state index contributed by atoms with van der Waals surface area (Å²) in [5.74, 6) is 0.834. The van der Waals surface area contributed by atoms with Crippen LogP contribution in [-0.2, 0) is 17.9 Å². The molecule has 0 aliphatic carbocycles. The van der Waals surface area contributed by atoms with Crippen LogP contribution in [0.15, 0.2) is 47.8 Å². The first kappa shape index (κ1) is 20.2. The van der Waals surface area contributed by atoms with Gasteiger partial charge in [-0.2, -0.15) is 0 Å². The lowest BCUT2D eigenvalue weighted by Crippen LogP contribution is -2.27. The molecule has 0 saturated carbocycles. The van der Waals surface area contributed by atoms with Gasteiger partial charge in [0.25, 0.3) is 0 Å². The van der Waals surface area contributed by atoms with Gasteiger partial charge in [0.2, 0.25) is 5.91 Å². The number of amides is 1. The van der Waals surface area contributed by atoms with Gasteiger partial charge >= 0.3 is 0 Å². The van der Waals surface area contributed by atoms with Crippen molar-refractivity contribution in [2.45, 2.75) is 33.9 Å². The first-order valence-corrected chi connectivity index (χ1v) is 10.7. The van der Waals surface area contributed by atoms with Crippen LogP contribution in [0.2, 0.25) is 0 Å². The summed E-state index contributed by atoms with van der Waals surface area (Å²) in [5.41, 5.74) is 5.26. The Morgan fingerprint density at radius 1 is 1.10 bits per heavy atom. The van der Waals surface area contributed by atoms with E-state index in [0.717, 1.165) is 49.7 Å². The minimum absolute atomic E-state index is 0.00682. The second-order valence-corrected chi connectivity index (χ2v) is 8.51. The molecular formula is C24H25N3O2S. The van der Waals surface area contributed by atoms with Crippen molar-refractivity contribution >= 4 is 28.0 Å². The van der Waals surface area contributed by atoms with Gasteiger partial charge in [-0.3, -0.25) is 4.79 Å². The number of thiazole rings is 1. The third-order valence-electron chi connectivity index (χ3n) is 5.37. The number of hydrogen-bond acceptors (Lipinski definition) is 4. The molecule has 0 unspecified atom stereocenters. The molecule has 0 atom stereocenters. The number of nitrogens with one attached hydrogen (secondary N) is 1. The fourth-order valence-corrected chi connectivity index (χ4v) is 4.31. The quantitative estimate of drug-likeness (QED) is 0.478. The van der Waals surface area contributed by atoms with Crippen LogP contribution in [0.3, 0.4) is 0 Å². The van der Waals surface area contributed by atoms with Crippen LogP contribution in [-0.4, -0.2) is 22.6 Å². The van der Waals surface area contributed by atoms with Crippen molar-refractivity contribution in [2.75, 3.05) is 7.11 Å². The van der Waals surface area contributed by atoms with Crippen LogP contribution in [0, 0.1) is 20.8 Å². The van der Waals surface area contributed by atoms with Crippen molar-refractivity contribution in [1.29, 1.82) is 0 Å². The van der Waals surface area contributed by atoms with Crippen molar-refractivity contribution in [3.05, 3.63) is 69.8 Å². The monoisotopic (exact) mass is 419 g/mol. The number of rotatable bonds is 6. The molecule has 1 amide bonds. The van der Waals surface area contributed by atoms with Gasteiger partial charge in [0.1, 0.15) is 12.3 Å². The Balaban J connectivity index is 1.44. The molecule has 154 valence electrons. The van der Waals surface area contributed by atoms with Gasteiger partial charge in [0.05, 0.1) is 17.8 Å². The molecule has 0 bridgehead atoms. The van der Waals surface area contributed by atoms with E-state index in [4.69, 9.17) is 4.74 Å². The predicted molar refractivity (Wildman–Crippen MR) is 122 cm³/mol. The Kier molecular flexibility index (Phi) is 5.59. The summed E-state index contributed by atoms with van der Waals surface area (Å²) >= 11 is 1.64. The highest BCUT2D eigenvalue weighted by Gasteiger charge is 2.15. The first-order chi connectivity index (χ1) is 14.4. The van der Waals surface area contributed by atoms with Crippen LogP contribution in [0.5, 0.6) is 5.75 Å². The molecule has 1 N–H and O–H groups in total. The largest absolute Gasteiger partial charge is 0.497 e. The summed E-state index contributed by atoms with van der Waals surface area (Å²) in [6.07, 6.45) is 0. The van der Waals surface area contributed by atoms with Crippen LogP contribution >= 0.6 is 11.3 Å². The van der Waals surface area contributed by atoms with Crippen LogP contribution in [0.25, 0.3) is 22.0 Å². The maximum atomic E-state index is 12.6. The zero-order valence-electron chi connectivity index (χ0n) is 17.7. The van der Waals surface area contributed by atoms with E-state index in [1.54, 1.807) is 18.4 Å². The Labute approximate surface area is 180 Å². The number of aryl methyl sites for hydroxylation is 2. The summed E-state index contributed by atoms with van der Waals surface area (Å²) in [5, 5.41) is 8.40. The highest BCUT2D eigenvalue weighted by molar-refractivity contribution is 7.09.